The molecule has 2 aromatic rings. The Bertz CT molecular complexity index is 935. The van der Waals surface area contributed by atoms with Crippen molar-refractivity contribution in [1.82, 2.24) is 14.9 Å². The van der Waals surface area contributed by atoms with E-state index in [1.165, 1.54) is 12.6 Å². The Kier molecular flexibility index (Phi) is 9.57. The molecule has 0 radical (unpaired) electrons. The van der Waals surface area contributed by atoms with Crippen LogP contribution in [0, 0.1) is 5.92 Å². The maximum Gasteiger partial charge on any atom is 0.215 e. The van der Waals surface area contributed by atoms with Crippen molar-refractivity contribution < 1.29 is 8.42 Å². The predicted molar refractivity (Wildman–Crippen MR) is 134 cm³/mol. The zero-order chi connectivity index (χ0) is 20.7. The minimum absolute atomic E-state index is 0. The minimum atomic E-state index is -3.27. The molecule has 6 nitrogen and oxygen atoms in total. The molecule has 1 aliphatic heterocycles. The van der Waals surface area contributed by atoms with Crippen LogP contribution >= 0.6 is 24.0 Å². The lowest BCUT2D eigenvalue weighted by Crippen LogP contribution is -2.39. The van der Waals surface area contributed by atoms with Crippen LogP contribution in [0.3, 0.4) is 0 Å². The molecular formula is C22H31IN4O2S. The van der Waals surface area contributed by atoms with Crippen LogP contribution in [-0.2, 0) is 28.7 Å². The van der Waals surface area contributed by atoms with E-state index in [9.17, 15) is 8.42 Å². The van der Waals surface area contributed by atoms with E-state index in [0.29, 0.717) is 12.5 Å². The molecule has 0 aliphatic carbocycles. The first-order valence-corrected chi connectivity index (χ1v) is 11.6. The van der Waals surface area contributed by atoms with Crippen molar-refractivity contribution in [2.45, 2.75) is 25.1 Å². The van der Waals surface area contributed by atoms with Crippen molar-refractivity contribution in [2.24, 2.45) is 10.9 Å². The molecule has 0 spiro atoms. The Hall–Kier alpha value is -1.65. The fraction of sp³-hybridized carbons (Fsp3) is 0.409. The topological polar surface area (TPSA) is 73.8 Å². The standard InChI is InChI=1S/C22H30N4O2S.HI/c1-23-22(26-12-11-20(16-26)13-18-7-4-3-5-8-18)25-15-19-9-6-10-21(14-19)17-29(27,28)24-2;/h3-10,14,20,24H,11-13,15-17H2,1-2H3,(H,23,25);1H. The highest BCUT2D eigenvalue weighted by Crippen LogP contribution is 2.21. The number of halogens is 1. The summed E-state index contributed by atoms with van der Waals surface area (Å²) in [5.41, 5.74) is 3.20. The van der Waals surface area contributed by atoms with Crippen LogP contribution in [0.15, 0.2) is 59.6 Å². The molecule has 0 saturated carbocycles. The van der Waals surface area contributed by atoms with Crippen molar-refractivity contribution in [1.29, 1.82) is 0 Å². The number of nitrogens with zero attached hydrogens (tertiary/aromatic N) is 2. The van der Waals surface area contributed by atoms with Crippen molar-refractivity contribution in [3.8, 4) is 0 Å². The van der Waals surface area contributed by atoms with Gasteiger partial charge in [-0.25, -0.2) is 13.1 Å². The number of likely N-dealkylation sites (tertiary alicyclic amines) is 1. The zero-order valence-corrected chi connectivity index (χ0v) is 20.7. The number of benzene rings is 2. The van der Waals surface area contributed by atoms with E-state index in [1.54, 1.807) is 0 Å². The van der Waals surface area contributed by atoms with E-state index in [1.807, 2.05) is 31.3 Å². The molecule has 164 valence electrons. The fourth-order valence-corrected chi connectivity index (χ4v) is 4.54. The van der Waals surface area contributed by atoms with E-state index in [-0.39, 0.29) is 29.7 Å². The molecule has 30 heavy (non-hydrogen) atoms. The summed E-state index contributed by atoms with van der Waals surface area (Å²) >= 11 is 0. The number of aliphatic imine (C=N–C) groups is 1. The number of sulfonamides is 1. The molecule has 1 unspecified atom stereocenters. The monoisotopic (exact) mass is 542 g/mol. The molecule has 1 fully saturated rings. The molecule has 0 bridgehead atoms. The molecule has 0 amide bonds. The molecule has 2 N–H and O–H groups in total. The Balaban J connectivity index is 0.00000320. The van der Waals surface area contributed by atoms with E-state index in [2.05, 4.69) is 50.3 Å². The number of hydrogen-bond donors (Lipinski definition) is 2. The van der Waals surface area contributed by atoms with Gasteiger partial charge in [0.05, 0.1) is 5.75 Å². The molecule has 8 heteroatoms. The number of hydrogen-bond acceptors (Lipinski definition) is 3. The van der Waals surface area contributed by atoms with Crippen molar-refractivity contribution in [3.63, 3.8) is 0 Å². The molecule has 3 rings (SSSR count). The summed E-state index contributed by atoms with van der Waals surface area (Å²) in [5.74, 6) is 1.51. The molecule has 0 aromatic heterocycles. The second-order valence-electron chi connectivity index (χ2n) is 7.47. The maximum absolute atomic E-state index is 11.8. The van der Waals surface area contributed by atoms with E-state index < -0.39 is 10.0 Å². The van der Waals surface area contributed by atoms with Gasteiger partial charge < -0.3 is 10.2 Å². The largest absolute Gasteiger partial charge is 0.352 e. The summed E-state index contributed by atoms with van der Waals surface area (Å²) in [4.78, 5) is 6.76. The molecular weight excluding hydrogens is 511 g/mol. The highest BCUT2D eigenvalue weighted by Gasteiger charge is 2.24. The summed E-state index contributed by atoms with van der Waals surface area (Å²) in [7, 11) is -0.0281. The van der Waals surface area contributed by atoms with Crippen LogP contribution in [0.1, 0.15) is 23.1 Å². The minimum Gasteiger partial charge on any atom is -0.352 e. The first-order chi connectivity index (χ1) is 14.0. The summed E-state index contributed by atoms with van der Waals surface area (Å²) in [6, 6.07) is 18.3. The zero-order valence-electron chi connectivity index (χ0n) is 17.5. The van der Waals surface area contributed by atoms with Gasteiger partial charge in [0.1, 0.15) is 0 Å². The highest BCUT2D eigenvalue weighted by atomic mass is 127. The number of rotatable bonds is 7. The van der Waals surface area contributed by atoms with Crippen molar-refractivity contribution >= 4 is 40.0 Å². The SMILES string of the molecule is CN=C(NCc1cccc(CS(=O)(=O)NC)c1)N1CCC(Cc2ccccc2)C1.I. The number of nitrogens with one attached hydrogen (secondary N) is 2. The van der Waals surface area contributed by atoms with Crippen molar-refractivity contribution in [3.05, 3.63) is 71.3 Å². The third kappa shape index (κ3) is 7.24. The number of guanidine groups is 1. The quantitative estimate of drug-likeness (QED) is 0.321. The Labute approximate surface area is 197 Å². The summed E-state index contributed by atoms with van der Waals surface area (Å²) in [6.45, 7) is 2.60. The fourth-order valence-electron chi connectivity index (χ4n) is 3.77. The average Bonchev–Trinajstić information content (AvgIpc) is 3.17. The van der Waals surface area contributed by atoms with Gasteiger partial charge >= 0.3 is 0 Å². The highest BCUT2D eigenvalue weighted by molar-refractivity contribution is 14.0. The van der Waals surface area contributed by atoms with Crippen LogP contribution in [0.2, 0.25) is 0 Å². The lowest BCUT2D eigenvalue weighted by atomic mass is 9.99. The Morgan fingerprint density at radius 3 is 2.50 bits per heavy atom. The van der Waals surface area contributed by atoms with E-state index in [0.717, 1.165) is 43.0 Å². The second kappa shape index (κ2) is 11.7. The Morgan fingerprint density at radius 1 is 1.10 bits per heavy atom. The molecule has 1 heterocycles. The van der Waals surface area contributed by atoms with Gasteiger partial charge in [0.25, 0.3) is 0 Å². The van der Waals surface area contributed by atoms with Crippen LogP contribution in [0.5, 0.6) is 0 Å². The summed E-state index contributed by atoms with van der Waals surface area (Å²) in [5, 5.41) is 3.43. The van der Waals surface area contributed by atoms with Crippen LogP contribution in [-0.4, -0.2) is 46.5 Å². The van der Waals surface area contributed by atoms with Crippen LogP contribution in [0.4, 0.5) is 0 Å². The summed E-state index contributed by atoms with van der Waals surface area (Å²) < 4.78 is 25.9. The van der Waals surface area contributed by atoms with Crippen LogP contribution < -0.4 is 10.0 Å². The maximum atomic E-state index is 11.8. The second-order valence-corrected chi connectivity index (χ2v) is 9.40. The van der Waals surface area contributed by atoms with Crippen LogP contribution in [0.25, 0.3) is 0 Å². The molecule has 1 saturated heterocycles. The van der Waals surface area contributed by atoms with Crippen molar-refractivity contribution in [2.75, 3.05) is 27.2 Å². The lowest BCUT2D eigenvalue weighted by molar-refractivity contribution is 0.460. The summed E-state index contributed by atoms with van der Waals surface area (Å²) in [6.07, 6.45) is 2.25. The van der Waals surface area contributed by atoms with Gasteiger partial charge in [-0.05, 0) is 42.5 Å². The first kappa shape index (κ1) is 24.6. The molecule has 1 atom stereocenters. The smallest absolute Gasteiger partial charge is 0.215 e. The van der Waals surface area contributed by atoms with Gasteiger partial charge in [0.15, 0.2) is 5.96 Å². The third-order valence-electron chi connectivity index (χ3n) is 5.27. The lowest BCUT2D eigenvalue weighted by Gasteiger charge is -2.22. The van der Waals surface area contributed by atoms with Gasteiger partial charge in [0.2, 0.25) is 10.0 Å². The van der Waals surface area contributed by atoms with Gasteiger partial charge in [0, 0.05) is 26.7 Å². The van der Waals surface area contributed by atoms with Gasteiger partial charge in [-0.2, -0.15) is 0 Å². The predicted octanol–water partition coefficient (Wildman–Crippen LogP) is 2.99. The van der Waals surface area contributed by atoms with Gasteiger partial charge in [-0.1, -0.05) is 54.6 Å². The van der Waals surface area contributed by atoms with E-state index in [4.69, 9.17) is 0 Å². The normalized spacial score (nSPS) is 16.9. The third-order valence-corrected chi connectivity index (χ3v) is 6.61. The average molecular weight is 542 g/mol. The van der Waals surface area contributed by atoms with Gasteiger partial charge in [-0.15, -0.1) is 24.0 Å². The first-order valence-electron chi connectivity index (χ1n) is 9.97. The van der Waals surface area contributed by atoms with E-state index >= 15 is 0 Å². The Morgan fingerprint density at radius 2 is 1.80 bits per heavy atom. The van der Waals surface area contributed by atoms with Gasteiger partial charge in [-0.3, -0.25) is 4.99 Å². The molecule has 2 aromatic carbocycles. The molecule has 1 aliphatic rings.